The maximum atomic E-state index is 9.94. The Hall–Kier alpha value is -1.11. The first-order valence-corrected chi connectivity index (χ1v) is 8.11. The summed E-state index contributed by atoms with van der Waals surface area (Å²) in [6.07, 6.45) is 5.18. The summed E-state index contributed by atoms with van der Waals surface area (Å²) < 4.78 is 6.42. The van der Waals surface area contributed by atoms with Crippen LogP contribution in [0.3, 0.4) is 0 Å². The molecule has 1 heterocycles. The van der Waals surface area contributed by atoms with Crippen molar-refractivity contribution in [3.8, 4) is 17.2 Å². The average Bonchev–Trinajstić information content (AvgIpc) is 3.15. The summed E-state index contributed by atoms with van der Waals surface area (Å²) in [5, 5.41) is 14.1. The van der Waals surface area contributed by atoms with Crippen LogP contribution in [-0.4, -0.2) is 15.2 Å². The summed E-state index contributed by atoms with van der Waals surface area (Å²) in [5.74, 6) is 3.49. The predicted octanol–water partition coefficient (Wildman–Crippen LogP) is 3.95. The van der Waals surface area contributed by atoms with E-state index >= 15 is 0 Å². The minimum atomic E-state index is 0.188. The van der Waals surface area contributed by atoms with Gasteiger partial charge in [0.15, 0.2) is 5.82 Å². The van der Waals surface area contributed by atoms with E-state index in [2.05, 4.69) is 32.7 Å². The van der Waals surface area contributed by atoms with Crippen LogP contribution in [0.4, 0.5) is 0 Å². The number of hydrogen-bond acceptors (Lipinski definition) is 4. The lowest BCUT2D eigenvalue weighted by molar-refractivity contribution is 0.371. The molecule has 1 N–H and O–H groups in total. The van der Waals surface area contributed by atoms with Crippen molar-refractivity contribution in [2.45, 2.75) is 31.6 Å². The van der Waals surface area contributed by atoms with Gasteiger partial charge in [-0.2, -0.15) is 4.98 Å². The van der Waals surface area contributed by atoms with Crippen molar-refractivity contribution in [3.05, 3.63) is 27.6 Å². The minimum absolute atomic E-state index is 0.188. The van der Waals surface area contributed by atoms with Crippen molar-refractivity contribution in [1.29, 1.82) is 0 Å². The van der Waals surface area contributed by atoms with E-state index < -0.39 is 0 Å². The van der Waals surface area contributed by atoms with Gasteiger partial charge in [0.25, 0.3) is 5.89 Å². The summed E-state index contributed by atoms with van der Waals surface area (Å²) in [5.41, 5.74) is 0.624. The molecule has 0 spiro atoms. The van der Waals surface area contributed by atoms with Crippen molar-refractivity contribution >= 4 is 22.6 Å². The summed E-state index contributed by atoms with van der Waals surface area (Å²) >= 11 is 2.21. The molecule has 104 valence electrons. The van der Waals surface area contributed by atoms with Gasteiger partial charge in [-0.15, -0.1) is 0 Å². The van der Waals surface area contributed by atoms with Crippen molar-refractivity contribution < 1.29 is 9.63 Å². The third-order valence-corrected chi connectivity index (χ3v) is 5.37. The molecule has 2 fully saturated rings. The highest BCUT2D eigenvalue weighted by Gasteiger charge is 2.42. The lowest BCUT2D eigenvalue weighted by Crippen LogP contribution is -2.09. The van der Waals surface area contributed by atoms with E-state index in [0.29, 0.717) is 17.4 Å². The number of nitrogens with zero attached hydrogens (tertiary/aromatic N) is 2. The van der Waals surface area contributed by atoms with Crippen LogP contribution in [0, 0.1) is 15.4 Å². The standard InChI is InChI=1S/C15H15IN2O2/c16-10-3-4-13(19)12(7-10)15-17-14(18-20-15)11-6-8-1-2-9(11)5-8/h3-4,7-9,11,19H,1-2,5-6H2. The number of fused-ring (bicyclic) bond motifs is 2. The van der Waals surface area contributed by atoms with Crippen LogP contribution < -0.4 is 0 Å². The van der Waals surface area contributed by atoms with Gasteiger partial charge in [-0.25, -0.2) is 0 Å². The molecule has 2 saturated carbocycles. The van der Waals surface area contributed by atoms with Crippen molar-refractivity contribution in [1.82, 2.24) is 10.1 Å². The quantitative estimate of drug-likeness (QED) is 0.800. The molecule has 2 aromatic rings. The van der Waals surface area contributed by atoms with Gasteiger partial charge < -0.3 is 9.63 Å². The summed E-state index contributed by atoms with van der Waals surface area (Å²) in [6, 6.07) is 5.39. The maximum absolute atomic E-state index is 9.94. The highest BCUT2D eigenvalue weighted by Crippen LogP contribution is 2.52. The van der Waals surface area contributed by atoms with E-state index in [1.165, 1.54) is 25.7 Å². The molecular weight excluding hydrogens is 367 g/mol. The molecule has 1 aromatic heterocycles. The number of phenols is 1. The predicted molar refractivity (Wildman–Crippen MR) is 82.3 cm³/mol. The maximum Gasteiger partial charge on any atom is 0.261 e. The highest BCUT2D eigenvalue weighted by atomic mass is 127. The van der Waals surface area contributed by atoms with Gasteiger partial charge in [0, 0.05) is 9.49 Å². The topological polar surface area (TPSA) is 59.2 Å². The highest BCUT2D eigenvalue weighted by molar-refractivity contribution is 14.1. The summed E-state index contributed by atoms with van der Waals surface area (Å²) in [6.45, 7) is 0. The Morgan fingerprint density at radius 2 is 2.15 bits per heavy atom. The molecule has 20 heavy (non-hydrogen) atoms. The molecule has 2 aliphatic carbocycles. The van der Waals surface area contributed by atoms with Crippen LogP contribution in [0.5, 0.6) is 5.75 Å². The molecule has 0 radical (unpaired) electrons. The molecule has 4 rings (SSSR count). The van der Waals surface area contributed by atoms with Gasteiger partial charge in [-0.3, -0.25) is 0 Å². The lowest BCUT2D eigenvalue weighted by atomic mass is 9.88. The second kappa shape index (κ2) is 4.72. The molecule has 3 atom stereocenters. The third kappa shape index (κ3) is 2.03. The number of aromatic hydroxyl groups is 1. The Balaban J connectivity index is 1.66. The fourth-order valence-corrected chi connectivity index (χ4v) is 4.23. The van der Waals surface area contributed by atoms with Crippen LogP contribution >= 0.6 is 22.6 Å². The van der Waals surface area contributed by atoms with Gasteiger partial charge >= 0.3 is 0 Å². The molecule has 0 aliphatic heterocycles. The van der Waals surface area contributed by atoms with Gasteiger partial charge in [0.05, 0.1) is 5.56 Å². The molecule has 2 bridgehead atoms. The van der Waals surface area contributed by atoms with E-state index in [-0.39, 0.29) is 5.75 Å². The Bertz CT molecular complexity index is 655. The largest absolute Gasteiger partial charge is 0.507 e. The van der Waals surface area contributed by atoms with E-state index in [1.54, 1.807) is 6.07 Å². The lowest BCUT2D eigenvalue weighted by Gasteiger charge is -2.17. The summed E-state index contributed by atoms with van der Waals surface area (Å²) in [7, 11) is 0. The zero-order valence-corrected chi connectivity index (χ0v) is 13.1. The first-order chi connectivity index (χ1) is 9.70. The molecule has 5 heteroatoms. The number of hydrogen-bond donors (Lipinski definition) is 1. The van der Waals surface area contributed by atoms with Crippen molar-refractivity contribution in [2.75, 3.05) is 0 Å². The van der Waals surface area contributed by atoms with Crippen LogP contribution in [0.1, 0.15) is 37.4 Å². The molecule has 0 amide bonds. The van der Waals surface area contributed by atoms with Crippen LogP contribution in [-0.2, 0) is 0 Å². The third-order valence-electron chi connectivity index (χ3n) is 4.70. The van der Waals surface area contributed by atoms with Crippen LogP contribution in [0.15, 0.2) is 22.7 Å². The van der Waals surface area contributed by atoms with Crippen molar-refractivity contribution in [3.63, 3.8) is 0 Å². The molecule has 2 aliphatic rings. The average molecular weight is 382 g/mol. The second-order valence-corrected chi connectivity index (χ2v) is 7.15. The van der Waals surface area contributed by atoms with E-state index in [9.17, 15) is 5.11 Å². The van der Waals surface area contributed by atoms with Crippen LogP contribution in [0.25, 0.3) is 11.5 Å². The molecular formula is C15H15IN2O2. The zero-order chi connectivity index (χ0) is 13.7. The smallest absolute Gasteiger partial charge is 0.261 e. The van der Waals surface area contributed by atoms with Gasteiger partial charge in [0.2, 0.25) is 0 Å². The molecule has 3 unspecified atom stereocenters. The first kappa shape index (κ1) is 12.6. The van der Waals surface area contributed by atoms with Crippen LogP contribution in [0.2, 0.25) is 0 Å². The molecule has 1 aromatic carbocycles. The van der Waals surface area contributed by atoms with E-state index in [0.717, 1.165) is 21.2 Å². The monoisotopic (exact) mass is 382 g/mol. The molecule has 4 nitrogen and oxygen atoms in total. The number of phenolic OH excluding ortho intramolecular Hbond substituents is 1. The Morgan fingerprint density at radius 1 is 1.25 bits per heavy atom. The Kier molecular flexibility index (Phi) is 2.98. The second-order valence-electron chi connectivity index (χ2n) is 5.90. The first-order valence-electron chi connectivity index (χ1n) is 7.03. The van der Waals surface area contributed by atoms with Gasteiger partial charge in [-0.1, -0.05) is 11.6 Å². The SMILES string of the molecule is Oc1ccc(I)cc1-c1nc(C2CC3CCC2C3)no1. The van der Waals surface area contributed by atoms with Crippen molar-refractivity contribution in [2.24, 2.45) is 11.8 Å². The zero-order valence-electron chi connectivity index (χ0n) is 10.9. The fourth-order valence-electron chi connectivity index (χ4n) is 3.74. The Morgan fingerprint density at radius 3 is 2.90 bits per heavy atom. The number of aromatic nitrogens is 2. The van der Waals surface area contributed by atoms with E-state index in [1.807, 2.05) is 12.1 Å². The van der Waals surface area contributed by atoms with Gasteiger partial charge in [0.1, 0.15) is 5.75 Å². The normalized spacial score (nSPS) is 28.1. The number of rotatable bonds is 2. The fraction of sp³-hybridized carbons (Fsp3) is 0.467. The summed E-state index contributed by atoms with van der Waals surface area (Å²) in [4.78, 5) is 4.54. The number of benzene rings is 1. The molecule has 0 saturated heterocycles. The number of halogens is 1. The Labute approximate surface area is 130 Å². The minimum Gasteiger partial charge on any atom is -0.507 e. The van der Waals surface area contributed by atoms with Gasteiger partial charge in [-0.05, 0) is 71.9 Å². The van der Waals surface area contributed by atoms with E-state index in [4.69, 9.17) is 4.52 Å².